The molecule has 12 heavy (non-hydrogen) atoms. The molecule has 0 saturated heterocycles. The van der Waals surface area contributed by atoms with Crippen LogP contribution in [-0.2, 0) is 4.79 Å². The van der Waals surface area contributed by atoms with Crippen molar-refractivity contribution in [1.82, 2.24) is 0 Å². The average molecular weight is 184 g/mol. The summed E-state index contributed by atoms with van der Waals surface area (Å²) in [7, 11) is 0. The van der Waals surface area contributed by atoms with Gasteiger partial charge in [-0.3, -0.25) is 4.79 Å². The van der Waals surface area contributed by atoms with E-state index in [0.29, 0.717) is 10.8 Å². The highest BCUT2D eigenvalue weighted by molar-refractivity contribution is 6.30. The molecule has 0 unspecified atom stereocenters. The molecule has 0 fully saturated rings. The predicted molar refractivity (Wildman–Crippen MR) is 46.5 cm³/mol. The van der Waals surface area contributed by atoms with E-state index in [4.69, 9.17) is 16.3 Å². The van der Waals surface area contributed by atoms with Crippen molar-refractivity contribution >= 4 is 17.4 Å². The van der Waals surface area contributed by atoms with Crippen molar-refractivity contribution in [2.45, 2.75) is 6.92 Å². The maximum atomic E-state index is 10.5. The van der Waals surface area contributed by atoms with Gasteiger partial charge in [-0.1, -0.05) is 17.7 Å². The molecule has 3 heteroatoms. The molecule has 1 aromatic rings. The van der Waals surface area contributed by atoms with Gasteiger partial charge < -0.3 is 4.74 Å². The molecule has 63 valence electrons. The van der Waals surface area contributed by atoms with Crippen LogP contribution in [0.5, 0.6) is 5.75 Å². The van der Waals surface area contributed by atoms with Crippen molar-refractivity contribution in [2.75, 3.05) is 6.61 Å². The third kappa shape index (κ3) is 2.93. The van der Waals surface area contributed by atoms with Crippen LogP contribution in [0.15, 0.2) is 18.2 Å². The van der Waals surface area contributed by atoms with Gasteiger partial charge in [0.05, 0.1) is 5.02 Å². The second-order valence-corrected chi connectivity index (χ2v) is 2.76. The van der Waals surface area contributed by atoms with Crippen molar-refractivity contribution in [1.29, 1.82) is 0 Å². The Morgan fingerprint density at radius 3 is 3.00 bits per heavy atom. The molecule has 1 rings (SSSR count). The van der Waals surface area contributed by atoms with E-state index in [1.54, 1.807) is 18.2 Å². The van der Waals surface area contributed by atoms with Crippen molar-refractivity contribution in [3.63, 3.8) is 0 Å². The van der Waals surface area contributed by atoms with E-state index in [1.807, 2.05) is 0 Å². The molecule has 2 nitrogen and oxygen atoms in total. The highest BCUT2D eigenvalue weighted by Crippen LogP contribution is 2.15. The van der Waals surface area contributed by atoms with Gasteiger partial charge in [-0.15, -0.1) is 0 Å². The summed E-state index contributed by atoms with van der Waals surface area (Å²) in [6, 6.07) is 7.90. The van der Waals surface area contributed by atoms with Gasteiger partial charge >= 0.3 is 0 Å². The SMILES string of the molecule is CC(=O)COc1[c]c(Cl)ccc1. The Morgan fingerprint density at radius 1 is 1.67 bits per heavy atom. The monoisotopic (exact) mass is 183 g/mol. The van der Waals surface area contributed by atoms with Crippen molar-refractivity contribution < 1.29 is 9.53 Å². The second kappa shape index (κ2) is 4.12. The summed E-state index contributed by atoms with van der Waals surface area (Å²) < 4.78 is 5.06. The molecule has 0 aromatic heterocycles. The average Bonchev–Trinajstić information content (AvgIpc) is 2.01. The summed E-state index contributed by atoms with van der Waals surface area (Å²) in [5.41, 5.74) is 0. The maximum absolute atomic E-state index is 10.5. The van der Waals surface area contributed by atoms with Crippen LogP contribution in [0.1, 0.15) is 6.92 Å². The largest absolute Gasteiger partial charge is 0.485 e. The lowest BCUT2D eigenvalue weighted by molar-refractivity contribution is -0.118. The minimum absolute atomic E-state index is 0.0247. The fourth-order valence-corrected chi connectivity index (χ4v) is 0.850. The van der Waals surface area contributed by atoms with E-state index in [1.165, 1.54) is 6.92 Å². The molecule has 1 aromatic carbocycles. The molecule has 0 N–H and O–H groups in total. The standard InChI is InChI=1S/C9H8ClO2/c1-7(11)6-12-9-4-2-3-8(10)5-9/h2-4H,6H2,1H3. The first-order valence-corrected chi connectivity index (χ1v) is 3.86. The number of ketones is 1. The van der Waals surface area contributed by atoms with Crippen LogP contribution in [0.4, 0.5) is 0 Å². The van der Waals surface area contributed by atoms with Crippen molar-refractivity contribution in [3.8, 4) is 5.75 Å². The molecule has 0 bridgehead atoms. The summed E-state index contributed by atoms with van der Waals surface area (Å²) >= 11 is 5.64. The molecule has 0 atom stereocenters. The number of Topliss-reactive ketones (excluding diaryl/α,β-unsaturated/α-hetero) is 1. The molecule has 0 aliphatic heterocycles. The molecular weight excluding hydrogens is 176 g/mol. The number of hydrogen-bond acceptors (Lipinski definition) is 2. The Labute approximate surface area is 76.1 Å². The molecular formula is C9H8ClO2. The van der Waals surface area contributed by atoms with Crippen LogP contribution < -0.4 is 4.74 Å². The van der Waals surface area contributed by atoms with Gasteiger partial charge in [0.1, 0.15) is 12.4 Å². The number of carbonyl (C=O) groups is 1. The summed E-state index contributed by atoms with van der Waals surface area (Å²) in [6.07, 6.45) is 0. The zero-order chi connectivity index (χ0) is 8.97. The fourth-order valence-electron chi connectivity index (χ4n) is 0.685. The lowest BCUT2D eigenvalue weighted by Crippen LogP contribution is -2.06. The van der Waals surface area contributed by atoms with E-state index < -0.39 is 0 Å². The third-order valence-electron chi connectivity index (χ3n) is 1.16. The van der Waals surface area contributed by atoms with Gasteiger partial charge in [-0.2, -0.15) is 0 Å². The van der Waals surface area contributed by atoms with Gasteiger partial charge in [0.2, 0.25) is 0 Å². The van der Waals surface area contributed by atoms with Gasteiger partial charge in [-0.05, 0) is 19.1 Å². The van der Waals surface area contributed by atoms with Crippen LogP contribution in [0.3, 0.4) is 0 Å². The molecule has 0 heterocycles. The summed E-state index contributed by atoms with van der Waals surface area (Å²) in [4.78, 5) is 10.5. The molecule has 0 aliphatic rings. The maximum Gasteiger partial charge on any atom is 0.167 e. The number of rotatable bonds is 3. The molecule has 0 aliphatic carbocycles. The molecule has 0 amide bonds. The summed E-state index contributed by atoms with van der Waals surface area (Å²) in [5.74, 6) is 0.473. The summed E-state index contributed by atoms with van der Waals surface area (Å²) in [6.45, 7) is 1.53. The van der Waals surface area contributed by atoms with Crippen LogP contribution >= 0.6 is 11.6 Å². The van der Waals surface area contributed by atoms with Crippen LogP contribution in [0.2, 0.25) is 5.02 Å². The van der Waals surface area contributed by atoms with Gasteiger partial charge in [-0.25, -0.2) is 0 Å². The second-order valence-electron chi connectivity index (χ2n) is 2.35. The zero-order valence-corrected chi connectivity index (χ0v) is 7.39. The van der Waals surface area contributed by atoms with Crippen molar-refractivity contribution in [3.05, 3.63) is 29.3 Å². The van der Waals surface area contributed by atoms with E-state index >= 15 is 0 Å². The first kappa shape index (κ1) is 9.07. The van der Waals surface area contributed by atoms with Gasteiger partial charge in [0, 0.05) is 6.07 Å². The van der Waals surface area contributed by atoms with Crippen LogP contribution in [-0.4, -0.2) is 12.4 Å². The smallest absolute Gasteiger partial charge is 0.167 e. The number of ether oxygens (including phenoxy) is 1. The van der Waals surface area contributed by atoms with E-state index in [-0.39, 0.29) is 12.4 Å². The number of benzene rings is 1. The Bertz CT molecular complexity index is 284. The van der Waals surface area contributed by atoms with Gasteiger partial charge in [0.15, 0.2) is 5.78 Å². The number of carbonyl (C=O) groups excluding carboxylic acids is 1. The lowest BCUT2D eigenvalue weighted by Gasteiger charge is -2.02. The minimum atomic E-state index is -0.0247. The highest BCUT2D eigenvalue weighted by Gasteiger charge is 1.97. The van der Waals surface area contributed by atoms with E-state index in [0.717, 1.165) is 0 Å². The van der Waals surface area contributed by atoms with Gasteiger partial charge in [0.25, 0.3) is 0 Å². The Morgan fingerprint density at radius 2 is 2.42 bits per heavy atom. The first-order chi connectivity index (χ1) is 5.68. The number of halogens is 1. The first-order valence-electron chi connectivity index (χ1n) is 3.48. The lowest BCUT2D eigenvalue weighted by atomic mass is 10.3. The number of hydrogen-bond donors (Lipinski definition) is 0. The van der Waals surface area contributed by atoms with E-state index in [9.17, 15) is 4.79 Å². The van der Waals surface area contributed by atoms with Crippen molar-refractivity contribution in [2.24, 2.45) is 0 Å². The molecule has 0 saturated carbocycles. The zero-order valence-electron chi connectivity index (χ0n) is 6.63. The predicted octanol–water partition coefficient (Wildman–Crippen LogP) is 2.11. The van der Waals surface area contributed by atoms with Crippen LogP contribution in [0.25, 0.3) is 0 Å². The summed E-state index contributed by atoms with van der Waals surface area (Å²) in [5, 5.41) is 0.482. The minimum Gasteiger partial charge on any atom is -0.485 e. The fraction of sp³-hybridized carbons (Fsp3) is 0.222. The quantitative estimate of drug-likeness (QED) is 0.718. The Balaban J connectivity index is 2.57. The Hall–Kier alpha value is -1.02. The Kier molecular flexibility index (Phi) is 3.11. The topological polar surface area (TPSA) is 26.3 Å². The third-order valence-corrected chi connectivity index (χ3v) is 1.38. The highest BCUT2D eigenvalue weighted by atomic mass is 35.5. The van der Waals surface area contributed by atoms with E-state index in [2.05, 4.69) is 6.07 Å². The van der Waals surface area contributed by atoms with Crippen LogP contribution in [0, 0.1) is 6.07 Å². The molecule has 0 spiro atoms. The normalized spacial score (nSPS) is 9.50. The molecule has 1 radical (unpaired) electrons.